The first-order valence-corrected chi connectivity index (χ1v) is 6.97. The highest BCUT2D eigenvalue weighted by Crippen LogP contribution is 2.21. The van der Waals surface area contributed by atoms with Gasteiger partial charge in [0.25, 0.3) is 0 Å². The van der Waals surface area contributed by atoms with Crippen LogP contribution in [0.3, 0.4) is 0 Å². The minimum absolute atomic E-state index is 0.194. The second-order valence-corrected chi connectivity index (χ2v) is 5.91. The summed E-state index contributed by atoms with van der Waals surface area (Å²) in [7, 11) is 0. The van der Waals surface area contributed by atoms with Crippen LogP contribution in [0.15, 0.2) is 4.34 Å². The molecule has 2 heterocycles. The molecule has 0 atom stereocenters. The average Bonchev–Trinajstić information content (AvgIpc) is 2.73. The topological polar surface area (TPSA) is 58.1 Å². The Kier molecular flexibility index (Phi) is 4.14. The number of rotatable bonds is 3. The molecule has 1 N–H and O–H groups in total. The fourth-order valence-corrected chi connectivity index (χ4v) is 3.18. The molecule has 16 heavy (non-hydrogen) atoms. The predicted octanol–water partition coefficient (Wildman–Crippen LogP) is 0.370. The molecule has 0 saturated carbocycles. The van der Waals surface area contributed by atoms with Crippen molar-refractivity contribution >= 4 is 29.0 Å². The lowest BCUT2D eigenvalue weighted by Gasteiger charge is -2.27. The molecule has 5 nitrogen and oxygen atoms in total. The van der Waals surface area contributed by atoms with Gasteiger partial charge in [-0.15, -0.1) is 10.2 Å². The summed E-state index contributed by atoms with van der Waals surface area (Å²) >= 11 is 3.01. The molecular formula is C9H14N4OS2. The molecule has 2 rings (SSSR count). The van der Waals surface area contributed by atoms with Crippen LogP contribution in [0.4, 0.5) is 0 Å². The molecule has 1 aliphatic heterocycles. The van der Waals surface area contributed by atoms with Crippen molar-refractivity contribution < 1.29 is 4.79 Å². The number of thioether (sulfide) groups is 1. The van der Waals surface area contributed by atoms with Crippen LogP contribution >= 0.6 is 23.1 Å². The molecule has 0 aromatic carbocycles. The molecule has 1 aromatic heterocycles. The van der Waals surface area contributed by atoms with Gasteiger partial charge in [0.15, 0.2) is 4.34 Å². The summed E-state index contributed by atoms with van der Waals surface area (Å²) in [6, 6.07) is 0. The van der Waals surface area contributed by atoms with Gasteiger partial charge in [0.2, 0.25) is 5.91 Å². The van der Waals surface area contributed by atoms with Crippen LogP contribution in [0.1, 0.15) is 5.01 Å². The Hall–Kier alpha value is -0.660. The zero-order chi connectivity index (χ0) is 11.4. The van der Waals surface area contributed by atoms with Gasteiger partial charge in [-0.3, -0.25) is 4.79 Å². The van der Waals surface area contributed by atoms with E-state index in [0.717, 1.165) is 35.5 Å². The van der Waals surface area contributed by atoms with Crippen molar-refractivity contribution in [3.8, 4) is 0 Å². The summed E-state index contributed by atoms with van der Waals surface area (Å²) in [4.78, 5) is 13.7. The lowest BCUT2D eigenvalue weighted by molar-refractivity contribution is -0.128. The van der Waals surface area contributed by atoms with Crippen LogP contribution in [0, 0.1) is 6.92 Å². The Bertz CT molecular complexity index is 362. The Balaban J connectivity index is 1.78. The first-order valence-electron chi connectivity index (χ1n) is 5.17. The Labute approximate surface area is 103 Å². The standard InChI is InChI=1S/C9H14N4OS2/c1-7-11-12-9(16-7)15-6-8(14)13-4-2-10-3-5-13/h10H,2-6H2,1H3. The van der Waals surface area contributed by atoms with Crippen molar-refractivity contribution in [3.63, 3.8) is 0 Å². The third-order valence-electron chi connectivity index (χ3n) is 2.30. The van der Waals surface area contributed by atoms with Crippen molar-refractivity contribution in [1.82, 2.24) is 20.4 Å². The molecule has 0 unspecified atom stereocenters. The van der Waals surface area contributed by atoms with E-state index in [1.165, 1.54) is 23.1 Å². The maximum absolute atomic E-state index is 11.8. The Morgan fingerprint density at radius 2 is 2.25 bits per heavy atom. The van der Waals surface area contributed by atoms with E-state index in [4.69, 9.17) is 0 Å². The molecule has 1 aliphatic rings. The number of aromatic nitrogens is 2. The van der Waals surface area contributed by atoms with Gasteiger partial charge in [0.1, 0.15) is 5.01 Å². The normalized spacial score (nSPS) is 16.4. The molecule has 1 saturated heterocycles. The molecule has 0 aliphatic carbocycles. The van der Waals surface area contributed by atoms with Gasteiger partial charge in [-0.25, -0.2) is 0 Å². The number of carbonyl (C=O) groups is 1. The average molecular weight is 258 g/mol. The Morgan fingerprint density at radius 1 is 1.50 bits per heavy atom. The van der Waals surface area contributed by atoms with Crippen molar-refractivity contribution in [2.24, 2.45) is 0 Å². The molecule has 88 valence electrons. The van der Waals surface area contributed by atoms with E-state index in [0.29, 0.717) is 5.75 Å². The van der Waals surface area contributed by atoms with Gasteiger partial charge >= 0.3 is 0 Å². The van der Waals surface area contributed by atoms with Crippen LogP contribution < -0.4 is 5.32 Å². The van der Waals surface area contributed by atoms with E-state index in [-0.39, 0.29) is 5.91 Å². The maximum atomic E-state index is 11.8. The third kappa shape index (κ3) is 3.16. The summed E-state index contributed by atoms with van der Waals surface area (Å²) in [5, 5.41) is 12.1. The number of nitrogens with one attached hydrogen (secondary N) is 1. The molecule has 1 aromatic rings. The van der Waals surface area contributed by atoms with Crippen LogP contribution in [0.5, 0.6) is 0 Å². The molecule has 1 amide bonds. The first kappa shape index (κ1) is 11.8. The third-order valence-corrected chi connectivity index (χ3v) is 4.25. The fraction of sp³-hybridized carbons (Fsp3) is 0.667. The van der Waals surface area contributed by atoms with Crippen LogP contribution in [0.25, 0.3) is 0 Å². The van der Waals surface area contributed by atoms with E-state index >= 15 is 0 Å². The molecular weight excluding hydrogens is 244 g/mol. The number of piperazine rings is 1. The predicted molar refractivity (Wildman–Crippen MR) is 64.8 cm³/mol. The van der Waals surface area contributed by atoms with E-state index in [1.807, 2.05) is 11.8 Å². The number of hydrogen-bond acceptors (Lipinski definition) is 6. The summed E-state index contributed by atoms with van der Waals surface area (Å²) in [5.74, 6) is 0.661. The van der Waals surface area contributed by atoms with Gasteiger partial charge in [-0.1, -0.05) is 23.1 Å². The number of hydrogen-bond donors (Lipinski definition) is 1. The minimum atomic E-state index is 0.194. The quantitative estimate of drug-likeness (QED) is 0.794. The lowest BCUT2D eigenvalue weighted by atomic mass is 10.3. The summed E-state index contributed by atoms with van der Waals surface area (Å²) in [6.45, 7) is 5.34. The zero-order valence-corrected chi connectivity index (χ0v) is 10.7. The molecule has 0 radical (unpaired) electrons. The van der Waals surface area contributed by atoms with E-state index < -0.39 is 0 Å². The highest BCUT2D eigenvalue weighted by molar-refractivity contribution is 8.01. The smallest absolute Gasteiger partial charge is 0.233 e. The first-order chi connectivity index (χ1) is 7.75. The SMILES string of the molecule is Cc1nnc(SCC(=O)N2CCNCC2)s1. The molecule has 7 heteroatoms. The summed E-state index contributed by atoms with van der Waals surface area (Å²) in [5.41, 5.74) is 0. The van der Waals surface area contributed by atoms with Crippen molar-refractivity contribution in [2.75, 3.05) is 31.9 Å². The monoisotopic (exact) mass is 258 g/mol. The van der Waals surface area contributed by atoms with Gasteiger partial charge in [-0.05, 0) is 6.92 Å². The highest BCUT2D eigenvalue weighted by Gasteiger charge is 2.16. The second kappa shape index (κ2) is 5.60. The van der Waals surface area contributed by atoms with Gasteiger partial charge in [0.05, 0.1) is 5.75 Å². The largest absolute Gasteiger partial charge is 0.339 e. The van der Waals surface area contributed by atoms with Crippen LogP contribution in [-0.4, -0.2) is 52.9 Å². The van der Waals surface area contributed by atoms with Crippen LogP contribution in [-0.2, 0) is 4.79 Å². The minimum Gasteiger partial charge on any atom is -0.339 e. The second-order valence-electron chi connectivity index (χ2n) is 3.51. The molecule has 1 fully saturated rings. The van der Waals surface area contributed by atoms with Crippen molar-refractivity contribution in [3.05, 3.63) is 5.01 Å². The zero-order valence-electron chi connectivity index (χ0n) is 9.10. The number of nitrogens with zero attached hydrogens (tertiary/aromatic N) is 3. The van der Waals surface area contributed by atoms with Crippen LogP contribution in [0.2, 0.25) is 0 Å². The highest BCUT2D eigenvalue weighted by atomic mass is 32.2. The van der Waals surface area contributed by atoms with Crippen molar-refractivity contribution in [2.45, 2.75) is 11.3 Å². The number of carbonyl (C=O) groups excluding carboxylic acids is 1. The Morgan fingerprint density at radius 3 is 2.88 bits per heavy atom. The van der Waals surface area contributed by atoms with E-state index in [9.17, 15) is 4.79 Å². The number of aryl methyl sites for hydroxylation is 1. The van der Waals surface area contributed by atoms with Crippen molar-refractivity contribution in [1.29, 1.82) is 0 Å². The van der Waals surface area contributed by atoms with Gasteiger partial charge in [-0.2, -0.15) is 0 Å². The van der Waals surface area contributed by atoms with Gasteiger partial charge < -0.3 is 10.2 Å². The summed E-state index contributed by atoms with van der Waals surface area (Å²) < 4.78 is 0.876. The molecule has 0 spiro atoms. The number of amides is 1. The fourth-order valence-electron chi connectivity index (χ4n) is 1.47. The lowest BCUT2D eigenvalue weighted by Crippen LogP contribution is -2.47. The van der Waals surface area contributed by atoms with Gasteiger partial charge in [0, 0.05) is 26.2 Å². The maximum Gasteiger partial charge on any atom is 0.233 e. The molecule has 0 bridgehead atoms. The van der Waals surface area contributed by atoms with E-state index in [2.05, 4.69) is 15.5 Å². The van der Waals surface area contributed by atoms with E-state index in [1.54, 1.807) is 0 Å². The summed E-state index contributed by atoms with van der Waals surface area (Å²) in [6.07, 6.45) is 0.